The lowest BCUT2D eigenvalue weighted by Crippen LogP contribution is -2.68. The van der Waals surface area contributed by atoms with Crippen molar-refractivity contribution in [1.82, 2.24) is 0 Å². The highest BCUT2D eigenvalue weighted by molar-refractivity contribution is 6.93. The molecule has 4 aromatic carbocycles. The molecule has 0 spiro atoms. The van der Waals surface area contributed by atoms with Crippen LogP contribution in [0.25, 0.3) is 0 Å². The number of hydrogen-bond donors (Lipinski definition) is 0. The van der Waals surface area contributed by atoms with Crippen molar-refractivity contribution in [3.05, 3.63) is 144 Å². The van der Waals surface area contributed by atoms with E-state index in [9.17, 15) is 0 Å². The van der Waals surface area contributed by atoms with Gasteiger partial charge in [-0.3, -0.25) is 0 Å². The van der Waals surface area contributed by atoms with Crippen LogP contribution in [0.5, 0.6) is 0 Å². The van der Waals surface area contributed by atoms with Gasteiger partial charge in [0.1, 0.15) is 0 Å². The third-order valence-electron chi connectivity index (χ3n) is 9.62. The first-order chi connectivity index (χ1) is 21.7. The molecule has 0 aromatic heterocycles. The van der Waals surface area contributed by atoms with Crippen molar-refractivity contribution in [3.8, 4) is 0 Å². The minimum Gasteiger partial charge on any atom is -0.378 e. The highest BCUT2D eigenvalue weighted by atomic mass is 28.4. The van der Waals surface area contributed by atoms with Gasteiger partial charge in [-0.15, -0.1) is 0 Å². The molecule has 46 heavy (non-hydrogen) atoms. The molecule has 4 nitrogen and oxygen atoms in total. The highest BCUT2D eigenvalue weighted by Crippen LogP contribution is 2.60. The van der Waals surface area contributed by atoms with Gasteiger partial charge >= 0.3 is 17.1 Å². The van der Waals surface area contributed by atoms with Crippen LogP contribution in [0.4, 0.5) is 0 Å². The summed E-state index contributed by atoms with van der Waals surface area (Å²) >= 11 is 0. The summed E-state index contributed by atoms with van der Waals surface area (Å²) in [7, 11) is -6.49. The molecule has 0 radical (unpaired) electrons. The molecule has 4 aromatic rings. The van der Waals surface area contributed by atoms with E-state index in [4.69, 9.17) is 17.7 Å². The average molecular weight is 645 g/mol. The van der Waals surface area contributed by atoms with E-state index in [1.807, 2.05) is 0 Å². The maximum Gasteiger partial charge on any atom is 0.408 e. The van der Waals surface area contributed by atoms with E-state index in [1.165, 1.54) is 22.3 Å². The monoisotopic (exact) mass is 644 g/mol. The Morgan fingerprint density at radius 1 is 0.304 bits per heavy atom. The van der Waals surface area contributed by atoms with Gasteiger partial charge in [-0.05, 0) is 98.4 Å². The zero-order valence-electron chi connectivity index (χ0n) is 28.2. The summed E-state index contributed by atoms with van der Waals surface area (Å²) in [4.78, 5) is 0. The van der Waals surface area contributed by atoms with Gasteiger partial charge in [0.25, 0.3) is 0 Å². The third kappa shape index (κ3) is 4.69. The molecule has 0 atom stereocenters. The topological polar surface area (TPSA) is 36.9 Å². The molecule has 0 amide bonds. The molecule has 0 saturated carbocycles. The van der Waals surface area contributed by atoms with Crippen LogP contribution < -0.4 is 20.7 Å². The maximum absolute atomic E-state index is 7.54. The molecule has 1 aliphatic carbocycles. The molecule has 0 fully saturated rings. The molecule has 3 aliphatic rings. The minimum atomic E-state index is -3.24. The van der Waals surface area contributed by atoms with Crippen molar-refractivity contribution in [3.63, 3.8) is 0 Å². The van der Waals surface area contributed by atoms with Gasteiger partial charge in [0.05, 0.1) is 22.4 Å². The lowest BCUT2D eigenvalue weighted by Gasteiger charge is -2.49. The maximum atomic E-state index is 7.54. The molecule has 2 heterocycles. The Labute approximate surface area is 276 Å². The van der Waals surface area contributed by atoms with E-state index in [0.717, 1.165) is 20.7 Å². The second kappa shape index (κ2) is 10.6. The van der Waals surface area contributed by atoms with Crippen LogP contribution in [-0.4, -0.2) is 39.5 Å². The molecule has 7 rings (SSSR count). The van der Waals surface area contributed by atoms with Crippen LogP contribution in [0.15, 0.2) is 144 Å². The summed E-state index contributed by atoms with van der Waals surface area (Å²) in [5.41, 5.74) is 1.91. The summed E-state index contributed by atoms with van der Waals surface area (Å²) in [6.07, 6.45) is 0. The van der Waals surface area contributed by atoms with E-state index < -0.39 is 39.5 Å². The summed E-state index contributed by atoms with van der Waals surface area (Å²) in [6.45, 7) is 17.7. The lowest BCUT2D eigenvalue weighted by atomic mass is 9.60. The molecule has 6 heteroatoms. The Balaban J connectivity index is 1.43. The van der Waals surface area contributed by atoms with Crippen LogP contribution in [-0.2, 0) is 17.7 Å². The quantitative estimate of drug-likeness (QED) is 0.244. The smallest absolute Gasteiger partial charge is 0.378 e. The molecule has 2 aliphatic heterocycles. The third-order valence-corrected chi connectivity index (χ3v) is 17.2. The Bertz CT molecular complexity index is 1540. The van der Waals surface area contributed by atoms with E-state index in [1.54, 1.807) is 0 Å². The second-order valence-corrected chi connectivity index (χ2v) is 20.2. The number of benzene rings is 4. The first-order valence-electron chi connectivity index (χ1n) is 16.3. The van der Waals surface area contributed by atoms with Crippen LogP contribution >= 0.6 is 0 Å². The SMILES string of the molecule is CC1(C)O[Si](c2ccccc2)(c2ccccc2)OC(C)(C)C2=C1C1=C2C(C)(C)O[Si](c2ccccc2)(c2ccccc2)OC1(C)C. The molecule has 0 bridgehead atoms. The van der Waals surface area contributed by atoms with Crippen molar-refractivity contribution in [2.24, 2.45) is 0 Å². The van der Waals surface area contributed by atoms with Gasteiger partial charge in [-0.25, -0.2) is 0 Å². The van der Waals surface area contributed by atoms with Gasteiger partial charge in [0.2, 0.25) is 0 Å². The van der Waals surface area contributed by atoms with Crippen LogP contribution in [0.3, 0.4) is 0 Å². The van der Waals surface area contributed by atoms with Gasteiger partial charge in [0, 0.05) is 0 Å². The summed E-state index contributed by atoms with van der Waals surface area (Å²) in [5, 5.41) is 4.35. The largest absolute Gasteiger partial charge is 0.408 e. The van der Waals surface area contributed by atoms with E-state index in [-0.39, 0.29) is 0 Å². The predicted molar refractivity (Wildman–Crippen MR) is 191 cm³/mol. The number of fused-ring (bicyclic) bond motifs is 2. The van der Waals surface area contributed by atoms with Crippen LogP contribution in [0.1, 0.15) is 55.4 Å². The molecule has 0 N–H and O–H groups in total. The molecule has 0 unspecified atom stereocenters. The van der Waals surface area contributed by atoms with Gasteiger partial charge in [-0.1, -0.05) is 121 Å². The second-order valence-electron chi connectivity index (χ2n) is 14.6. The number of hydrogen-bond acceptors (Lipinski definition) is 4. The highest BCUT2D eigenvalue weighted by Gasteiger charge is 2.65. The minimum absolute atomic E-state index is 0.690. The van der Waals surface area contributed by atoms with Crippen molar-refractivity contribution >= 4 is 37.9 Å². The fourth-order valence-corrected chi connectivity index (χ4v) is 15.5. The Morgan fingerprint density at radius 2 is 0.478 bits per heavy atom. The fraction of sp³-hybridized carbons (Fsp3) is 0.300. The summed E-state index contributed by atoms with van der Waals surface area (Å²) in [5.74, 6) is 0. The molecule has 0 saturated heterocycles. The molecular formula is C40H44O4Si2. The van der Waals surface area contributed by atoms with Crippen molar-refractivity contribution in [2.75, 3.05) is 0 Å². The standard InChI is InChI=1S/C40H44O4Si2/c1-37(2)33-34(38(3,4)42-45(41-37,29-21-13-9-14-22-29)30-23-15-10-16-24-30)36-35(33)39(5,6)43-46(44-40(36,7)8,31-25-17-11-18-26-31)32-27-19-12-20-28-32/h9-28H,1-8H3. The molecular weight excluding hydrogens is 601 g/mol. The van der Waals surface area contributed by atoms with E-state index in [0.29, 0.717) is 0 Å². The van der Waals surface area contributed by atoms with Crippen molar-refractivity contribution in [2.45, 2.75) is 77.8 Å². The average Bonchev–Trinajstić information content (AvgIpc) is 3.09. The Morgan fingerprint density at radius 3 is 0.652 bits per heavy atom. The summed E-state index contributed by atoms with van der Waals surface area (Å²) < 4.78 is 30.2. The first-order valence-corrected chi connectivity index (χ1v) is 19.9. The first kappa shape index (κ1) is 31.2. The lowest BCUT2D eigenvalue weighted by molar-refractivity contribution is 0.0514. The van der Waals surface area contributed by atoms with Gasteiger partial charge in [-0.2, -0.15) is 0 Å². The summed E-state index contributed by atoms with van der Waals surface area (Å²) in [6, 6.07) is 42.1. The Kier molecular flexibility index (Phi) is 7.18. The van der Waals surface area contributed by atoms with Gasteiger partial charge < -0.3 is 17.7 Å². The van der Waals surface area contributed by atoms with Crippen molar-refractivity contribution in [1.29, 1.82) is 0 Å². The fourth-order valence-electron chi connectivity index (χ4n) is 7.96. The van der Waals surface area contributed by atoms with E-state index >= 15 is 0 Å². The zero-order chi connectivity index (χ0) is 32.6. The van der Waals surface area contributed by atoms with Crippen LogP contribution in [0.2, 0.25) is 0 Å². The van der Waals surface area contributed by atoms with Crippen LogP contribution in [0, 0.1) is 0 Å². The number of rotatable bonds is 4. The normalized spacial score (nSPS) is 23.3. The van der Waals surface area contributed by atoms with E-state index in [2.05, 4.69) is 177 Å². The predicted octanol–water partition coefficient (Wildman–Crippen LogP) is 6.31. The van der Waals surface area contributed by atoms with Gasteiger partial charge in [0.15, 0.2) is 0 Å². The van der Waals surface area contributed by atoms with Crippen molar-refractivity contribution < 1.29 is 17.7 Å². The molecule has 236 valence electrons. The Hall–Kier alpha value is -3.37. The zero-order valence-corrected chi connectivity index (χ0v) is 30.2.